The van der Waals surface area contributed by atoms with Gasteiger partial charge in [0.1, 0.15) is 0 Å². The van der Waals surface area contributed by atoms with Crippen molar-refractivity contribution in [2.24, 2.45) is 0 Å². The minimum absolute atomic E-state index is 0.600. The molecule has 18 heavy (non-hydrogen) atoms. The zero-order valence-corrected chi connectivity index (χ0v) is 10.7. The molecule has 0 aliphatic carbocycles. The van der Waals surface area contributed by atoms with E-state index in [1.807, 2.05) is 12.3 Å². The van der Waals surface area contributed by atoms with Gasteiger partial charge in [0.05, 0.1) is 5.69 Å². The van der Waals surface area contributed by atoms with Gasteiger partial charge in [-0.3, -0.25) is 0 Å². The highest BCUT2D eigenvalue weighted by Gasteiger charge is 2.23. The second kappa shape index (κ2) is 4.94. The minimum atomic E-state index is 0.600. The average molecular weight is 241 g/mol. The van der Waals surface area contributed by atoms with Crippen LogP contribution in [0, 0.1) is 0 Å². The molecule has 1 fully saturated rings. The molecule has 2 aromatic rings. The molecule has 94 valence electrons. The van der Waals surface area contributed by atoms with E-state index in [9.17, 15) is 0 Å². The molecule has 0 bridgehead atoms. The van der Waals surface area contributed by atoms with E-state index < -0.39 is 0 Å². The maximum absolute atomic E-state index is 4.48. The van der Waals surface area contributed by atoms with Crippen molar-refractivity contribution in [2.75, 3.05) is 6.54 Å². The van der Waals surface area contributed by atoms with Crippen LogP contribution in [0.3, 0.4) is 0 Å². The van der Waals surface area contributed by atoms with Crippen molar-refractivity contribution in [3.05, 3.63) is 48.3 Å². The van der Waals surface area contributed by atoms with Crippen molar-refractivity contribution in [3.63, 3.8) is 0 Å². The molecule has 1 saturated heterocycles. The molecule has 0 saturated carbocycles. The van der Waals surface area contributed by atoms with E-state index in [0.29, 0.717) is 12.0 Å². The minimum Gasteiger partial charge on any atom is -0.314 e. The molecule has 1 aromatic carbocycles. The van der Waals surface area contributed by atoms with Gasteiger partial charge < -0.3 is 5.32 Å². The van der Waals surface area contributed by atoms with Crippen LogP contribution in [0.5, 0.6) is 0 Å². The van der Waals surface area contributed by atoms with Crippen molar-refractivity contribution in [3.8, 4) is 5.69 Å². The number of hydrogen-bond donors (Lipinski definition) is 1. The molecule has 1 aliphatic heterocycles. The Morgan fingerprint density at radius 3 is 2.83 bits per heavy atom. The van der Waals surface area contributed by atoms with Gasteiger partial charge in [-0.25, -0.2) is 4.68 Å². The number of nitrogens with zero attached hydrogens (tertiary/aromatic N) is 2. The molecular weight excluding hydrogens is 222 g/mol. The molecule has 0 radical (unpaired) electrons. The summed E-state index contributed by atoms with van der Waals surface area (Å²) >= 11 is 0. The number of rotatable bonds is 2. The number of aromatic nitrogens is 2. The van der Waals surface area contributed by atoms with E-state index in [0.717, 1.165) is 12.2 Å². The molecule has 2 unspecified atom stereocenters. The Hall–Kier alpha value is -1.61. The van der Waals surface area contributed by atoms with Gasteiger partial charge in [0.2, 0.25) is 0 Å². The van der Waals surface area contributed by atoms with Gasteiger partial charge in [-0.05, 0) is 44.5 Å². The first kappa shape index (κ1) is 11.5. The summed E-state index contributed by atoms with van der Waals surface area (Å²) in [6.07, 6.45) is 4.30. The Morgan fingerprint density at radius 1 is 1.22 bits per heavy atom. The van der Waals surface area contributed by atoms with Crippen LogP contribution in [-0.2, 0) is 0 Å². The third-order valence-electron chi connectivity index (χ3n) is 3.71. The Balaban J connectivity index is 1.92. The molecule has 1 N–H and O–H groups in total. The lowest BCUT2D eigenvalue weighted by Crippen LogP contribution is -2.35. The lowest BCUT2D eigenvalue weighted by molar-refractivity contribution is 0.372. The number of hydrogen-bond acceptors (Lipinski definition) is 2. The normalized spacial score (nSPS) is 24.1. The van der Waals surface area contributed by atoms with Gasteiger partial charge in [-0.15, -0.1) is 0 Å². The third-order valence-corrected chi connectivity index (χ3v) is 3.71. The molecule has 2 heterocycles. The quantitative estimate of drug-likeness (QED) is 0.876. The lowest BCUT2D eigenvalue weighted by Gasteiger charge is -2.28. The highest BCUT2D eigenvalue weighted by atomic mass is 15.3. The van der Waals surface area contributed by atoms with Gasteiger partial charge >= 0.3 is 0 Å². The molecule has 3 nitrogen and oxygen atoms in total. The van der Waals surface area contributed by atoms with Gasteiger partial charge in [0.15, 0.2) is 0 Å². The van der Waals surface area contributed by atoms with Gasteiger partial charge in [-0.1, -0.05) is 18.2 Å². The monoisotopic (exact) mass is 241 g/mol. The number of benzene rings is 1. The van der Waals surface area contributed by atoms with Crippen LogP contribution in [-0.4, -0.2) is 22.4 Å². The van der Waals surface area contributed by atoms with E-state index in [1.165, 1.54) is 18.5 Å². The predicted octanol–water partition coefficient (Wildman–Crippen LogP) is 2.73. The lowest BCUT2D eigenvalue weighted by atomic mass is 9.90. The van der Waals surface area contributed by atoms with Crippen LogP contribution in [0.25, 0.3) is 5.69 Å². The summed E-state index contributed by atoms with van der Waals surface area (Å²) in [5.74, 6) is 0.615. The largest absolute Gasteiger partial charge is 0.314 e. The van der Waals surface area contributed by atoms with E-state index in [4.69, 9.17) is 0 Å². The highest BCUT2D eigenvalue weighted by Crippen LogP contribution is 2.28. The number of nitrogens with one attached hydrogen (secondary N) is 1. The first-order valence-corrected chi connectivity index (χ1v) is 6.67. The molecule has 1 aliphatic rings. The predicted molar refractivity (Wildman–Crippen MR) is 73.0 cm³/mol. The van der Waals surface area contributed by atoms with Crippen molar-refractivity contribution in [1.29, 1.82) is 0 Å². The first-order chi connectivity index (χ1) is 8.84. The number of piperidine rings is 1. The first-order valence-electron chi connectivity index (χ1n) is 6.67. The summed E-state index contributed by atoms with van der Waals surface area (Å²) < 4.78 is 2.09. The SMILES string of the molecule is CC1CC(c2ccnn2-c2ccccc2)CCN1. The molecule has 1 aromatic heterocycles. The zero-order valence-electron chi connectivity index (χ0n) is 10.7. The van der Waals surface area contributed by atoms with Crippen molar-refractivity contribution in [2.45, 2.75) is 31.7 Å². The van der Waals surface area contributed by atoms with Crippen LogP contribution in [0.1, 0.15) is 31.4 Å². The molecule has 2 atom stereocenters. The fourth-order valence-corrected chi connectivity index (χ4v) is 2.81. The summed E-state index contributed by atoms with van der Waals surface area (Å²) in [4.78, 5) is 0. The fourth-order valence-electron chi connectivity index (χ4n) is 2.81. The van der Waals surface area contributed by atoms with Crippen LogP contribution < -0.4 is 5.32 Å². The van der Waals surface area contributed by atoms with E-state index in [-0.39, 0.29) is 0 Å². The Bertz CT molecular complexity index is 503. The van der Waals surface area contributed by atoms with Crippen LogP contribution in [0.2, 0.25) is 0 Å². The third kappa shape index (κ3) is 2.18. The maximum Gasteiger partial charge on any atom is 0.0648 e. The fraction of sp³-hybridized carbons (Fsp3) is 0.400. The van der Waals surface area contributed by atoms with E-state index >= 15 is 0 Å². The molecule has 0 spiro atoms. The van der Waals surface area contributed by atoms with Crippen LogP contribution in [0.4, 0.5) is 0 Å². The summed E-state index contributed by atoms with van der Waals surface area (Å²) in [6.45, 7) is 3.36. The van der Waals surface area contributed by atoms with E-state index in [2.05, 4.69) is 52.4 Å². The molecule has 3 heteroatoms. The number of para-hydroxylation sites is 1. The van der Waals surface area contributed by atoms with E-state index in [1.54, 1.807) is 0 Å². The van der Waals surface area contributed by atoms with Gasteiger partial charge in [0.25, 0.3) is 0 Å². The second-order valence-electron chi connectivity index (χ2n) is 5.08. The van der Waals surface area contributed by atoms with Crippen molar-refractivity contribution < 1.29 is 0 Å². The van der Waals surface area contributed by atoms with Gasteiger partial charge in [0, 0.05) is 23.9 Å². The van der Waals surface area contributed by atoms with Crippen molar-refractivity contribution >= 4 is 0 Å². The molecular formula is C15H19N3. The van der Waals surface area contributed by atoms with Crippen molar-refractivity contribution in [1.82, 2.24) is 15.1 Å². The average Bonchev–Trinajstić information content (AvgIpc) is 2.89. The Kier molecular flexibility index (Phi) is 3.15. The maximum atomic E-state index is 4.48. The smallest absolute Gasteiger partial charge is 0.0648 e. The Labute approximate surface area is 108 Å². The zero-order chi connectivity index (χ0) is 12.4. The summed E-state index contributed by atoms with van der Waals surface area (Å²) in [6, 6.07) is 13.2. The molecule has 3 rings (SSSR count). The van der Waals surface area contributed by atoms with Crippen LogP contribution >= 0.6 is 0 Å². The summed E-state index contributed by atoms with van der Waals surface area (Å²) in [5, 5.41) is 7.99. The Morgan fingerprint density at radius 2 is 2.06 bits per heavy atom. The summed E-state index contributed by atoms with van der Waals surface area (Å²) in [5.41, 5.74) is 2.50. The highest BCUT2D eigenvalue weighted by molar-refractivity contribution is 5.33. The molecule has 0 amide bonds. The van der Waals surface area contributed by atoms with Crippen LogP contribution in [0.15, 0.2) is 42.6 Å². The topological polar surface area (TPSA) is 29.9 Å². The standard InChI is InChI=1S/C15H19N3/c1-12-11-13(7-9-16-12)15-8-10-17-18(15)14-5-3-2-4-6-14/h2-6,8,10,12-13,16H,7,9,11H2,1H3. The van der Waals surface area contributed by atoms with Gasteiger partial charge in [-0.2, -0.15) is 5.10 Å². The second-order valence-corrected chi connectivity index (χ2v) is 5.08. The summed E-state index contributed by atoms with van der Waals surface area (Å²) in [7, 11) is 0.